The largest absolute Gasteiger partial charge is 0.333 e. The molecule has 7 nitrogen and oxygen atoms in total. The summed E-state index contributed by atoms with van der Waals surface area (Å²) in [6.07, 6.45) is 4.53. The summed E-state index contributed by atoms with van der Waals surface area (Å²) >= 11 is 0. The van der Waals surface area contributed by atoms with E-state index in [0.717, 1.165) is 23.8 Å². The van der Waals surface area contributed by atoms with E-state index in [1.54, 1.807) is 17.2 Å². The zero-order chi connectivity index (χ0) is 20.1. The Kier molecular flexibility index (Phi) is 4.04. The van der Waals surface area contributed by atoms with Crippen molar-refractivity contribution in [3.63, 3.8) is 0 Å². The summed E-state index contributed by atoms with van der Waals surface area (Å²) in [5.41, 5.74) is 1.97. The van der Waals surface area contributed by atoms with Crippen molar-refractivity contribution in [1.29, 1.82) is 0 Å². The molecule has 0 radical (unpaired) electrons. The van der Waals surface area contributed by atoms with Crippen LogP contribution in [0.15, 0.2) is 36.5 Å². The van der Waals surface area contributed by atoms with Crippen LogP contribution in [0.2, 0.25) is 0 Å². The SMILES string of the molecule is O=C1Nc2ccc(F)c(F)c2CN1CC(=O)N1C[C@H]2C=C(c3cccnn3)[C@@H]1C2. The molecule has 3 heterocycles. The first-order chi connectivity index (χ1) is 14.0. The molecule has 1 aromatic heterocycles. The Morgan fingerprint density at radius 1 is 1.28 bits per heavy atom. The number of nitrogens with zero attached hydrogens (tertiary/aromatic N) is 4. The molecule has 1 aromatic carbocycles. The molecule has 2 bridgehead atoms. The van der Waals surface area contributed by atoms with Gasteiger partial charge in [-0.25, -0.2) is 13.6 Å². The van der Waals surface area contributed by atoms with Crippen LogP contribution < -0.4 is 5.32 Å². The Labute approximate surface area is 165 Å². The average Bonchev–Trinajstić information content (AvgIpc) is 3.34. The fraction of sp³-hybridized carbons (Fsp3) is 0.300. The van der Waals surface area contributed by atoms with Gasteiger partial charge in [0.05, 0.1) is 24.0 Å². The maximum atomic E-state index is 14.1. The van der Waals surface area contributed by atoms with Crippen molar-refractivity contribution in [3.8, 4) is 0 Å². The molecule has 29 heavy (non-hydrogen) atoms. The van der Waals surface area contributed by atoms with E-state index in [0.29, 0.717) is 6.54 Å². The van der Waals surface area contributed by atoms with E-state index in [4.69, 9.17) is 0 Å². The fourth-order valence-electron chi connectivity index (χ4n) is 4.34. The average molecular weight is 397 g/mol. The number of anilines is 1. The van der Waals surface area contributed by atoms with Gasteiger partial charge in [-0.05, 0) is 42.2 Å². The first kappa shape index (κ1) is 17.7. The third-order valence-electron chi connectivity index (χ3n) is 5.70. The highest BCUT2D eigenvalue weighted by Gasteiger charge is 2.43. The summed E-state index contributed by atoms with van der Waals surface area (Å²) < 4.78 is 27.7. The Bertz CT molecular complexity index is 1040. The summed E-state index contributed by atoms with van der Waals surface area (Å²) in [6, 6.07) is 5.32. The van der Waals surface area contributed by atoms with E-state index < -0.39 is 17.7 Å². The van der Waals surface area contributed by atoms with Crippen LogP contribution in [0.5, 0.6) is 0 Å². The van der Waals surface area contributed by atoms with E-state index in [2.05, 4.69) is 21.6 Å². The number of carbonyl (C=O) groups is 2. The van der Waals surface area contributed by atoms with Gasteiger partial charge in [-0.15, -0.1) is 0 Å². The summed E-state index contributed by atoms with van der Waals surface area (Å²) in [4.78, 5) is 28.2. The van der Waals surface area contributed by atoms with Gasteiger partial charge >= 0.3 is 6.03 Å². The van der Waals surface area contributed by atoms with Gasteiger partial charge in [0.15, 0.2) is 11.6 Å². The smallest absolute Gasteiger partial charge is 0.322 e. The minimum atomic E-state index is -1.01. The molecular formula is C20H17F2N5O2. The van der Waals surface area contributed by atoms with Gasteiger partial charge in [-0.3, -0.25) is 4.79 Å². The molecule has 1 N–H and O–H groups in total. The number of hydrogen-bond acceptors (Lipinski definition) is 4. The van der Waals surface area contributed by atoms with Crippen molar-refractivity contribution < 1.29 is 18.4 Å². The van der Waals surface area contributed by atoms with Crippen molar-refractivity contribution in [2.75, 3.05) is 18.4 Å². The highest BCUT2D eigenvalue weighted by atomic mass is 19.2. The van der Waals surface area contributed by atoms with E-state index in [-0.39, 0.29) is 42.2 Å². The number of amides is 3. The number of urea groups is 1. The first-order valence-corrected chi connectivity index (χ1v) is 9.33. The molecule has 2 aliphatic heterocycles. The quantitative estimate of drug-likeness (QED) is 0.863. The Hall–Kier alpha value is -3.36. The van der Waals surface area contributed by atoms with E-state index in [9.17, 15) is 18.4 Å². The number of benzene rings is 1. The standard InChI is InChI=1S/C20H17F2N5O2/c21-14-3-4-15-13(19(14)22)9-26(20(29)24-15)10-18(28)27-8-11-6-12(17(27)7-11)16-2-1-5-23-25-16/h1-6,11,17H,7-10H2,(H,24,29)/t11-,17-/m0/s1. The number of nitrogens with one attached hydrogen (secondary N) is 1. The number of halogens is 2. The van der Waals surface area contributed by atoms with Gasteiger partial charge in [-0.1, -0.05) is 6.08 Å². The molecule has 2 aromatic rings. The monoisotopic (exact) mass is 397 g/mol. The van der Waals surface area contributed by atoms with Crippen LogP contribution in [0.1, 0.15) is 17.7 Å². The molecule has 3 amide bonds. The summed E-state index contributed by atoms with van der Waals surface area (Å²) in [6.45, 7) is 0.200. The predicted octanol–water partition coefficient (Wildman–Crippen LogP) is 2.42. The molecular weight excluding hydrogens is 380 g/mol. The minimum absolute atomic E-state index is 0.0421. The Balaban J connectivity index is 1.33. The van der Waals surface area contributed by atoms with Crippen molar-refractivity contribution >= 4 is 23.2 Å². The van der Waals surface area contributed by atoms with Crippen LogP contribution in [0.4, 0.5) is 19.3 Å². The van der Waals surface area contributed by atoms with Crippen molar-refractivity contribution in [2.45, 2.75) is 19.0 Å². The van der Waals surface area contributed by atoms with Crippen molar-refractivity contribution in [2.24, 2.45) is 5.92 Å². The summed E-state index contributed by atoms with van der Waals surface area (Å²) in [7, 11) is 0. The topological polar surface area (TPSA) is 78.4 Å². The molecule has 9 heteroatoms. The van der Waals surface area contributed by atoms with Gasteiger partial charge in [0.2, 0.25) is 5.91 Å². The van der Waals surface area contributed by atoms with Crippen LogP contribution in [0.3, 0.4) is 0 Å². The second-order valence-corrected chi connectivity index (χ2v) is 7.46. The second-order valence-electron chi connectivity index (χ2n) is 7.46. The molecule has 5 rings (SSSR count). The normalized spacial score (nSPS) is 22.4. The lowest BCUT2D eigenvalue weighted by Crippen LogP contribution is -2.48. The van der Waals surface area contributed by atoms with Gasteiger partial charge < -0.3 is 15.1 Å². The van der Waals surface area contributed by atoms with Crippen LogP contribution in [-0.4, -0.2) is 51.1 Å². The van der Waals surface area contributed by atoms with Crippen LogP contribution in [-0.2, 0) is 11.3 Å². The molecule has 148 valence electrons. The second kappa shape index (κ2) is 6.61. The number of fused-ring (bicyclic) bond motifs is 3. The lowest BCUT2D eigenvalue weighted by molar-refractivity contribution is -0.132. The lowest BCUT2D eigenvalue weighted by atomic mass is 10.1. The number of rotatable bonds is 3. The third kappa shape index (κ3) is 2.93. The van der Waals surface area contributed by atoms with Crippen molar-refractivity contribution in [3.05, 3.63) is 59.4 Å². The van der Waals surface area contributed by atoms with Crippen molar-refractivity contribution in [1.82, 2.24) is 20.0 Å². The minimum Gasteiger partial charge on any atom is -0.333 e. The molecule has 2 atom stereocenters. The fourth-order valence-corrected chi connectivity index (χ4v) is 4.34. The number of carbonyl (C=O) groups excluding carboxylic acids is 2. The first-order valence-electron chi connectivity index (χ1n) is 9.33. The maximum Gasteiger partial charge on any atom is 0.322 e. The highest BCUT2D eigenvalue weighted by Crippen LogP contribution is 2.41. The molecule has 1 saturated heterocycles. The molecule has 0 unspecified atom stereocenters. The maximum absolute atomic E-state index is 14.1. The third-order valence-corrected chi connectivity index (χ3v) is 5.70. The van der Waals surface area contributed by atoms with E-state index in [1.807, 2.05) is 6.07 Å². The highest BCUT2D eigenvalue weighted by molar-refractivity contribution is 5.95. The van der Waals surface area contributed by atoms with Gasteiger partial charge in [0.1, 0.15) is 6.54 Å². The predicted molar refractivity (Wildman–Crippen MR) is 99.4 cm³/mol. The number of hydrogen-bond donors (Lipinski definition) is 1. The number of likely N-dealkylation sites (tertiary alicyclic amines) is 1. The van der Waals surface area contributed by atoms with Crippen LogP contribution >= 0.6 is 0 Å². The van der Waals surface area contributed by atoms with E-state index >= 15 is 0 Å². The zero-order valence-corrected chi connectivity index (χ0v) is 15.3. The van der Waals surface area contributed by atoms with Gasteiger partial charge in [0, 0.05) is 18.3 Å². The number of aromatic nitrogens is 2. The lowest BCUT2D eigenvalue weighted by Gasteiger charge is -2.33. The molecule has 1 fully saturated rings. The summed E-state index contributed by atoms with van der Waals surface area (Å²) in [5, 5.41) is 10.6. The van der Waals surface area contributed by atoms with E-state index in [1.165, 1.54) is 11.0 Å². The molecule has 3 aliphatic rings. The summed E-state index contributed by atoms with van der Waals surface area (Å²) in [5.74, 6) is -1.99. The zero-order valence-electron chi connectivity index (χ0n) is 15.3. The molecule has 1 aliphatic carbocycles. The van der Waals surface area contributed by atoms with Crippen LogP contribution in [0.25, 0.3) is 5.57 Å². The van der Waals surface area contributed by atoms with Gasteiger partial charge in [0.25, 0.3) is 0 Å². The Morgan fingerprint density at radius 2 is 2.14 bits per heavy atom. The van der Waals surface area contributed by atoms with Crippen LogP contribution in [0, 0.1) is 17.6 Å². The molecule has 0 saturated carbocycles. The Morgan fingerprint density at radius 3 is 2.90 bits per heavy atom. The van der Waals surface area contributed by atoms with Gasteiger partial charge in [-0.2, -0.15) is 10.2 Å². The molecule has 0 spiro atoms.